The van der Waals surface area contributed by atoms with Gasteiger partial charge in [0.2, 0.25) is 0 Å². The number of hydrogen-bond acceptors (Lipinski definition) is 5. The molecule has 2 rings (SSSR count). The van der Waals surface area contributed by atoms with E-state index < -0.39 is 0 Å². The molecule has 1 unspecified atom stereocenters. The monoisotopic (exact) mass is 309 g/mol. The summed E-state index contributed by atoms with van der Waals surface area (Å²) in [6, 6.07) is 7.86. The van der Waals surface area contributed by atoms with E-state index in [-0.39, 0.29) is 12.4 Å². The van der Waals surface area contributed by atoms with E-state index in [9.17, 15) is 0 Å². The molecule has 2 aromatic rings. The van der Waals surface area contributed by atoms with Crippen LogP contribution in [0.25, 0.3) is 11.5 Å². The minimum Gasteiger partial charge on any atom is -0.490 e. The van der Waals surface area contributed by atoms with Crippen molar-refractivity contribution in [1.29, 1.82) is 0 Å². The van der Waals surface area contributed by atoms with E-state index in [2.05, 4.69) is 29.0 Å². The molecule has 0 fully saturated rings. The van der Waals surface area contributed by atoms with Gasteiger partial charge < -0.3 is 14.6 Å². The van der Waals surface area contributed by atoms with Crippen molar-refractivity contribution in [2.75, 3.05) is 13.7 Å². The first-order valence-corrected chi connectivity index (χ1v) is 6.57. The Bertz CT molecular complexity index is 554. The molecule has 5 nitrogen and oxygen atoms in total. The van der Waals surface area contributed by atoms with Crippen LogP contribution in [0.1, 0.15) is 12.7 Å². The van der Waals surface area contributed by atoms with E-state index in [1.165, 1.54) is 0 Å². The van der Waals surface area contributed by atoms with Gasteiger partial charge in [0.05, 0.1) is 0 Å². The van der Waals surface area contributed by atoms with Gasteiger partial charge in [-0.25, -0.2) is 0 Å². The summed E-state index contributed by atoms with van der Waals surface area (Å²) < 4.78 is 10.7. The third kappa shape index (κ3) is 4.88. The molecule has 1 heterocycles. The summed E-state index contributed by atoms with van der Waals surface area (Å²) >= 11 is 0. The molecular weight excluding hydrogens is 290 g/mol. The van der Waals surface area contributed by atoms with Crippen LogP contribution < -0.4 is 10.1 Å². The highest BCUT2D eigenvalue weighted by atomic mass is 35.5. The lowest BCUT2D eigenvalue weighted by Crippen LogP contribution is -2.24. The Kier molecular flexibility index (Phi) is 6.91. The average molecular weight is 310 g/mol. The van der Waals surface area contributed by atoms with Gasteiger partial charge >= 0.3 is 0 Å². The lowest BCUT2D eigenvalue weighted by molar-refractivity contribution is 0.363. The molecule has 0 bridgehead atoms. The van der Waals surface area contributed by atoms with E-state index in [0.29, 0.717) is 24.4 Å². The summed E-state index contributed by atoms with van der Waals surface area (Å²) in [5.41, 5.74) is 0.881. The number of aromatic nitrogens is 2. The van der Waals surface area contributed by atoms with Crippen LogP contribution in [0.2, 0.25) is 0 Å². The van der Waals surface area contributed by atoms with E-state index in [0.717, 1.165) is 17.7 Å². The Morgan fingerprint density at radius 3 is 2.71 bits per heavy atom. The van der Waals surface area contributed by atoms with Crippen molar-refractivity contribution in [3.63, 3.8) is 0 Å². The standard InChI is InChI=1S/C15H19N3O2.ClH/c1-4-9-19-13-7-5-12(6-8-13)15-17-14(18-20-15)10-11(2)16-3;/h4-8,11,16H,1,9-10H2,2-3H3;1H. The summed E-state index contributed by atoms with van der Waals surface area (Å²) in [7, 11) is 1.91. The summed E-state index contributed by atoms with van der Waals surface area (Å²) in [4.78, 5) is 4.39. The third-order valence-corrected chi connectivity index (χ3v) is 2.92. The van der Waals surface area contributed by atoms with E-state index in [4.69, 9.17) is 9.26 Å². The van der Waals surface area contributed by atoms with Gasteiger partial charge in [0.15, 0.2) is 5.82 Å². The number of rotatable bonds is 7. The first kappa shape index (κ1) is 17.2. The predicted octanol–water partition coefficient (Wildman–Crippen LogP) is 2.87. The maximum atomic E-state index is 5.43. The van der Waals surface area contributed by atoms with Gasteiger partial charge in [-0.2, -0.15) is 4.98 Å². The second-order valence-electron chi connectivity index (χ2n) is 4.53. The highest BCUT2D eigenvalue weighted by molar-refractivity contribution is 5.85. The van der Waals surface area contributed by atoms with Gasteiger partial charge in [0, 0.05) is 18.0 Å². The lowest BCUT2D eigenvalue weighted by Gasteiger charge is -2.04. The van der Waals surface area contributed by atoms with Crippen molar-refractivity contribution in [1.82, 2.24) is 15.5 Å². The number of ether oxygens (including phenoxy) is 1. The molecular formula is C15H20ClN3O2. The van der Waals surface area contributed by atoms with Gasteiger partial charge in [-0.15, -0.1) is 12.4 Å². The molecule has 0 radical (unpaired) electrons. The minimum atomic E-state index is 0. The minimum absolute atomic E-state index is 0. The smallest absolute Gasteiger partial charge is 0.257 e. The highest BCUT2D eigenvalue weighted by Gasteiger charge is 2.11. The number of hydrogen-bond donors (Lipinski definition) is 1. The summed E-state index contributed by atoms with van der Waals surface area (Å²) in [5.74, 6) is 2.02. The number of nitrogens with zero attached hydrogens (tertiary/aromatic N) is 2. The van der Waals surface area contributed by atoms with Crippen molar-refractivity contribution in [3.05, 3.63) is 42.7 Å². The van der Waals surface area contributed by atoms with Crippen LogP contribution in [-0.2, 0) is 6.42 Å². The van der Waals surface area contributed by atoms with Crippen molar-refractivity contribution < 1.29 is 9.26 Å². The Balaban J connectivity index is 0.00000220. The molecule has 0 spiro atoms. The van der Waals surface area contributed by atoms with Crippen LogP contribution >= 0.6 is 12.4 Å². The quantitative estimate of drug-likeness (QED) is 0.797. The van der Waals surface area contributed by atoms with E-state index >= 15 is 0 Å². The molecule has 0 saturated carbocycles. The van der Waals surface area contributed by atoms with Gasteiger partial charge in [0.1, 0.15) is 12.4 Å². The number of halogens is 1. The summed E-state index contributed by atoms with van der Waals surface area (Å²) in [5, 5.41) is 7.13. The van der Waals surface area contributed by atoms with E-state index in [1.54, 1.807) is 6.08 Å². The largest absolute Gasteiger partial charge is 0.490 e. The molecule has 0 saturated heterocycles. The molecule has 114 valence electrons. The van der Waals surface area contributed by atoms with Crippen LogP contribution in [0.5, 0.6) is 5.75 Å². The Labute approximate surface area is 130 Å². The molecule has 0 aliphatic carbocycles. The second-order valence-corrected chi connectivity index (χ2v) is 4.53. The summed E-state index contributed by atoms with van der Waals surface area (Å²) in [6.07, 6.45) is 2.45. The van der Waals surface area contributed by atoms with Gasteiger partial charge in [0.25, 0.3) is 5.89 Å². The second kappa shape index (κ2) is 8.44. The van der Waals surface area contributed by atoms with Crippen molar-refractivity contribution in [2.45, 2.75) is 19.4 Å². The molecule has 1 aromatic carbocycles. The number of benzene rings is 1. The van der Waals surface area contributed by atoms with Gasteiger partial charge in [-0.05, 0) is 38.2 Å². The number of likely N-dealkylation sites (N-methyl/N-ethyl adjacent to an activating group) is 1. The molecule has 21 heavy (non-hydrogen) atoms. The van der Waals surface area contributed by atoms with Gasteiger partial charge in [-0.1, -0.05) is 17.8 Å². The van der Waals surface area contributed by atoms with Crippen molar-refractivity contribution >= 4 is 12.4 Å². The maximum absolute atomic E-state index is 5.43. The first-order chi connectivity index (χ1) is 9.72. The predicted molar refractivity (Wildman–Crippen MR) is 84.9 cm³/mol. The van der Waals surface area contributed by atoms with Crippen LogP contribution in [0.4, 0.5) is 0 Å². The molecule has 0 aliphatic heterocycles. The lowest BCUT2D eigenvalue weighted by atomic mass is 10.2. The Morgan fingerprint density at radius 2 is 2.10 bits per heavy atom. The van der Waals surface area contributed by atoms with Crippen LogP contribution in [0, 0.1) is 0 Å². The topological polar surface area (TPSA) is 60.2 Å². The van der Waals surface area contributed by atoms with Crippen LogP contribution in [0.15, 0.2) is 41.4 Å². The van der Waals surface area contributed by atoms with Crippen LogP contribution in [0.3, 0.4) is 0 Å². The third-order valence-electron chi connectivity index (χ3n) is 2.92. The zero-order valence-electron chi connectivity index (χ0n) is 12.2. The van der Waals surface area contributed by atoms with E-state index in [1.807, 2.05) is 31.3 Å². The Hall–Kier alpha value is -1.85. The number of nitrogens with one attached hydrogen (secondary N) is 1. The maximum Gasteiger partial charge on any atom is 0.257 e. The molecule has 1 aromatic heterocycles. The SMILES string of the molecule is C=CCOc1ccc(-c2nc(CC(C)NC)no2)cc1.Cl. The first-order valence-electron chi connectivity index (χ1n) is 6.57. The van der Waals surface area contributed by atoms with Gasteiger partial charge in [-0.3, -0.25) is 0 Å². The molecule has 6 heteroatoms. The zero-order valence-corrected chi connectivity index (χ0v) is 13.0. The molecule has 0 amide bonds. The highest BCUT2D eigenvalue weighted by Crippen LogP contribution is 2.21. The van der Waals surface area contributed by atoms with Crippen LogP contribution in [-0.4, -0.2) is 29.8 Å². The molecule has 1 N–H and O–H groups in total. The normalized spacial score (nSPS) is 11.5. The van der Waals surface area contributed by atoms with Crippen molar-refractivity contribution in [3.8, 4) is 17.2 Å². The van der Waals surface area contributed by atoms with Crippen molar-refractivity contribution in [2.24, 2.45) is 0 Å². The summed E-state index contributed by atoms with van der Waals surface area (Å²) in [6.45, 7) is 6.17. The Morgan fingerprint density at radius 1 is 1.38 bits per heavy atom. The fraction of sp³-hybridized carbons (Fsp3) is 0.333. The zero-order chi connectivity index (χ0) is 14.4. The fourth-order valence-corrected chi connectivity index (χ4v) is 1.68. The average Bonchev–Trinajstić information content (AvgIpc) is 2.94. The molecule has 1 atom stereocenters. The fourth-order valence-electron chi connectivity index (χ4n) is 1.68. The molecule has 0 aliphatic rings.